The number of amides is 2. The van der Waals surface area contributed by atoms with Crippen LogP contribution in [0.5, 0.6) is 11.5 Å². The Morgan fingerprint density at radius 3 is 2.54 bits per heavy atom. The van der Waals surface area contributed by atoms with Crippen LogP contribution >= 0.6 is 11.3 Å². The van der Waals surface area contributed by atoms with Gasteiger partial charge in [0.15, 0.2) is 10.8 Å². The van der Waals surface area contributed by atoms with Crippen LogP contribution in [0.1, 0.15) is 17.4 Å². The number of esters is 1. The summed E-state index contributed by atoms with van der Waals surface area (Å²) in [5.41, 5.74) is 0.839. The second kappa shape index (κ2) is 10.8. The molecule has 4 rings (SSSR count). The molecule has 35 heavy (non-hydrogen) atoms. The third kappa shape index (κ3) is 6.03. The Morgan fingerprint density at radius 2 is 1.86 bits per heavy atom. The van der Waals surface area contributed by atoms with Crippen molar-refractivity contribution in [2.75, 3.05) is 43.0 Å². The lowest BCUT2D eigenvalue weighted by Crippen LogP contribution is -2.50. The minimum Gasteiger partial charge on any atom is -0.461 e. The third-order valence-corrected chi connectivity index (χ3v) is 6.08. The molecule has 1 aliphatic heterocycles. The van der Waals surface area contributed by atoms with Gasteiger partial charge in [0.05, 0.1) is 11.5 Å². The molecule has 12 heteroatoms. The molecule has 1 N–H and O–H groups in total. The first-order chi connectivity index (χ1) is 16.9. The Hall–Kier alpha value is -4.19. The molecule has 0 aliphatic carbocycles. The second-order valence-electron chi connectivity index (χ2n) is 7.52. The van der Waals surface area contributed by atoms with Crippen molar-refractivity contribution in [3.63, 3.8) is 0 Å². The third-order valence-electron chi connectivity index (χ3n) is 5.18. The SMILES string of the molecule is CCOC(=O)c1csc(N2CCN(C(=O)Nc3cccc(Oc4ccc([N+](=O)[O-])cc4)c3)CC2)n1. The van der Waals surface area contributed by atoms with E-state index in [2.05, 4.69) is 10.3 Å². The largest absolute Gasteiger partial charge is 0.461 e. The van der Waals surface area contributed by atoms with E-state index >= 15 is 0 Å². The highest BCUT2D eigenvalue weighted by atomic mass is 32.1. The van der Waals surface area contributed by atoms with Gasteiger partial charge in [-0.1, -0.05) is 6.07 Å². The minimum atomic E-state index is -0.475. The summed E-state index contributed by atoms with van der Waals surface area (Å²) >= 11 is 1.37. The van der Waals surface area contributed by atoms with Gasteiger partial charge in [-0.25, -0.2) is 14.6 Å². The number of nitrogens with zero attached hydrogens (tertiary/aromatic N) is 4. The molecule has 1 fully saturated rings. The molecule has 2 heterocycles. The van der Waals surface area contributed by atoms with Crippen molar-refractivity contribution in [2.45, 2.75) is 6.92 Å². The lowest BCUT2D eigenvalue weighted by molar-refractivity contribution is -0.384. The summed E-state index contributed by atoms with van der Waals surface area (Å²) in [6.07, 6.45) is 0. The van der Waals surface area contributed by atoms with Gasteiger partial charge in [0.2, 0.25) is 0 Å². The maximum Gasteiger partial charge on any atom is 0.357 e. The van der Waals surface area contributed by atoms with E-state index < -0.39 is 10.9 Å². The summed E-state index contributed by atoms with van der Waals surface area (Å²) in [4.78, 5) is 43.0. The zero-order valence-electron chi connectivity index (χ0n) is 18.9. The maximum atomic E-state index is 12.8. The lowest BCUT2D eigenvalue weighted by atomic mass is 10.3. The number of nitrogens with one attached hydrogen (secondary N) is 1. The van der Waals surface area contributed by atoms with Gasteiger partial charge in [0.1, 0.15) is 11.5 Å². The molecule has 0 saturated carbocycles. The fraction of sp³-hybridized carbons (Fsp3) is 0.261. The van der Waals surface area contributed by atoms with E-state index in [-0.39, 0.29) is 11.7 Å². The molecule has 1 aliphatic rings. The second-order valence-corrected chi connectivity index (χ2v) is 8.36. The first-order valence-corrected chi connectivity index (χ1v) is 11.8. The molecule has 0 unspecified atom stereocenters. The number of non-ortho nitro benzene ring substituents is 1. The summed E-state index contributed by atoms with van der Waals surface area (Å²) < 4.78 is 10.7. The van der Waals surface area contributed by atoms with Crippen LogP contribution in [-0.4, -0.2) is 59.6 Å². The number of aromatic nitrogens is 1. The monoisotopic (exact) mass is 497 g/mol. The maximum absolute atomic E-state index is 12.8. The van der Waals surface area contributed by atoms with Crippen LogP contribution in [0.2, 0.25) is 0 Å². The van der Waals surface area contributed by atoms with Crippen molar-refractivity contribution in [1.82, 2.24) is 9.88 Å². The van der Waals surface area contributed by atoms with Crippen LogP contribution < -0.4 is 15.0 Å². The summed E-state index contributed by atoms with van der Waals surface area (Å²) in [6.45, 7) is 4.22. The summed E-state index contributed by atoms with van der Waals surface area (Å²) in [5.74, 6) is 0.499. The Labute approximate surface area is 205 Å². The molecule has 2 aromatic carbocycles. The zero-order valence-corrected chi connectivity index (χ0v) is 19.7. The van der Waals surface area contributed by atoms with E-state index in [1.54, 1.807) is 41.5 Å². The highest BCUT2D eigenvalue weighted by Crippen LogP contribution is 2.26. The molecule has 0 radical (unpaired) electrons. The summed E-state index contributed by atoms with van der Waals surface area (Å²) in [7, 11) is 0. The number of carbonyl (C=O) groups excluding carboxylic acids is 2. The van der Waals surface area contributed by atoms with Gasteiger partial charge in [-0.15, -0.1) is 11.3 Å². The average Bonchev–Trinajstić information content (AvgIpc) is 3.35. The molecule has 1 saturated heterocycles. The number of thiazole rings is 1. The van der Waals surface area contributed by atoms with E-state index in [0.717, 1.165) is 5.13 Å². The minimum absolute atomic E-state index is 0.0206. The molecule has 0 atom stereocenters. The van der Waals surface area contributed by atoms with Crippen molar-refractivity contribution in [3.8, 4) is 11.5 Å². The van der Waals surface area contributed by atoms with Gasteiger partial charge in [0.25, 0.3) is 5.69 Å². The Bertz CT molecular complexity index is 1210. The highest BCUT2D eigenvalue weighted by molar-refractivity contribution is 7.13. The fourth-order valence-corrected chi connectivity index (χ4v) is 4.27. The van der Waals surface area contributed by atoms with E-state index in [0.29, 0.717) is 55.7 Å². The number of ether oxygens (including phenoxy) is 2. The number of urea groups is 1. The van der Waals surface area contributed by atoms with Crippen molar-refractivity contribution < 1.29 is 24.0 Å². The van der Waals surface area contributed by atoms with Crippen molar-refractivity contribution in [2.24, 2.45) is 0 Å². The number of piperazine rings is 1. The molecule has 1 aromatic heterocycles. The van der Waals surface area contributed by atoms with Crippen LogP contribution in [0.3, 0.4) is 0 Å². The summed E-state index contributed by atoms with van der Waals surface area (Å²) in [5, 5.41) is 16.1. The molecular formula is C23H23N5O6S. The normalized spacial score (nSPS) is 13.3. The lowest BCUT2D eigenvalue weighted by Gasteiger charge is -2.34. The van der Waals surface area contributed by atoms with Gasteiger partial charge in [-0.2, -0.15) is 0 Å². The number of hydrogen-bond donors (Lipinski definition) is 1. The van der Waals surface area contributed by atoms with Crippen molar-refractivity contribution in [3.05, 3.63) is 69.7 Å². The van der Waals surface area contributed by atoms with Crippen LogP contribution in [0.4, 0.5) is 21.3 Å². The van der Waals surface area contributed by atoms with Crippen molar-refractivity contribution in [1.29, 1.82) is 0 Å². The number of rotatable bonds is 7. The topological polar surface area (TPSA) is 127 Å². The predicted octanol–water partition coefficient (Wildman–Crippen LogP) is 4.37. The standard InChI is InChI=1S/C23H23N5O6S/c1-2-33-21(29)20-15-35-23(25-20)27-12-10-26(11-13-27)22(30)24-16-4-3-5-19(14-16)34-18-8-6-17(7-9-18)28(31)32/h3-9,14-15H,2,10-13H2,1H3,(H,24,30). The first kappa shape index (κ1) is 24.0. The van der Waals surface area contributed by atoms with Gasteiger partial charge < -0.3 is 24.6 Å². The Kier molecular flexibility index (Phi) is 7.41. The van der Waals surface area contributed by atoms with Gasteiger partial charge in [-0.05, 0) is 31.2 Å². The van der Waals surface area contributed by atoms with E-state index in [4.69, 9.17) is 9.47 Å². The smallest absolute Gasteiger partial charge is 0.357 e. The van der Waals surface area contributed by atoms with E-state index in [1.165, 1.54) is 35.6 Å². The van der Waals surface area contributed by atoms with Gasteiger partial charge in [0, 0.05) is 55.4 Å². The Morgan fingerprint density at radius 1 is 1.11 bits per heavy atom. The fourth-order valence-electron chi connectivity index (χ4n) is 3.42. The number of carbonyl (C=O) groups is 2. The van der Waals surface area contributed by atoms with Crippen molar-refractivity contribution >= 4 is 39.8 Å². The number of anilines is 2. The number of nitro benzene ring substituents is 1. The average molecular weight is 498 g/mol. The number of hydrogen-bond acceptors (Lipinski definition) is 9. The van der Waals surface area contributed by atoms with Gasteiger partial charge in [-0.3, -0.25) is 10.1 Å². The molecule has 3 aromatic rings. The zero-order chi connectivity index (χ0) is 24.8. The van der Waals surface area contributed by atoms with Crippen LogP contribution in [0.25, 0.3) is 0 Å². The number of benzene rings is 2. The molecular weight excluding hydrogens is 474 g/mol. The molecule has 2 amide bonds. The quantitative estimate of drug-likeness (QED) is 0.290. The highest BCUT2D eigenvalue weighted by Gasteiger charge is 2.24. The van der Waals surface area contributed by atoms with E-state index in [9.17, 15) is 19.7 Å². The molecule has 11 nitrogen and oxygen atoms in total. The predicted molar refractivity (Wildman–Crippen MR) is 130 cm³/mol. The Balaban J connectivity index is 1.30. The first-order valence-electron chi connectivity index (χ1n) is 10.9. The van der Waals surface area contributed by atoms with E-state index in [1.807, 2.05) is 4.90 Å². The molecule has 0 spiro atoms. The number of nitro groups is 1. The van der Waals surface area contributed by atoms with Crippen LogP contribution in [0, 0.1) is 10.1 Å². The molecule has 182 valence electrons. The van der Waals surface area contributed by atoms with Gasteiger partial charge >= 0.3 is 12.0 Å². The van der Waals surface area contributed by atoms with Crippen LogP contribution in [0.15, 0.2) is 53.9 Å². The summed E-state index contributed by atoms with van der Waals surface area (Å²) in [6, 6.07) is 12.4. The van der Waals surface area contributed by atoms with Crippen LogP contribution in [-0.2, 0) is 4.74 Å². The molecule has 0 bridgehead atoms.